The molecule has 0 aliphatic carbocycles. The molecule has 1 fully saturated rings. The highest BCUT2D eigenvalue weighted by Gasteiger charge is 2.22. The Morgan fingerprint density at radius 3 is 2.52 bits per heavy atom. The van der Waals surface area contributed by atoms with Crippen LogP contribution in [0.25, 0.3) is 0 Å². The van der Waals surface area contributed by atoms with Crippen LogP contribution in [-0.4, -0.2) is 54.1 Å². The standard InChI is InChI=1S/C17H20FN3O5S/c1-11-16(25-12-5-7-21(22)8-6-12)19-10-20-17(11)26-15-4-3-13(9-14(15)18)27(2,23)24/h3-4,9-10,12,22H,5-8H2,1-2H3. The van der Waals surface area contributed by atoms with Gasteiger partial charge in [0, 0.05) is 19.3 Å². The summed E-state index contributed by atoms with van der Waals surface area (Å²) in [6, 6.07) is 3.41. The van der Waals surface area contributed by atoms with Crippen molar-refractivity contribution in [3.05, 3.63) is 35.9 Å². The highest BCUT2D eigenvalue weighted by Crippen LogP contribution is 2.31. The summed E-state index contributed by atoms with van der Waals surface area (Å²) in [4.78, 5) is 7.97. The largest absolute Gasteiger partial charge is 0.474 e. The van der Waals surface area contributed by atoms with Crippen LogP contribution in [0.4, 0.5) is 4.39 Å². The summed E-state index contributed by atoms with van der Waals surface area (Å²) in [5.74, 6) is -0.521. The molecule has 8 nitrogen and oxygen atoms in total. The van der Waals surface area contributed by atoms with Crippen molar-refractivity contribution in [2.24, 2.45) is 0 Å². The summed E-state index contributed by atoms with van der Waals surface area (Å²) in [6.07, 6.45) is 3.46. The molecular formula is C17H20FN3O5S. The Kier molecular flexibility index (Phi) is 5.59. The number of hydroxylamine groups is 2. The van der Waals surface area contributed by atoms with Gasteiger partial charge in [-0.05, 0) is 38.0 Å². The van der Waals surface area contributed by atoms with E-state index in [1.54, 1.807) is 6.92 Å². The van der Waals surface area contributed by atoms with Gasteiger partial charge in [0.1, 0.15) is 12.4 Å². The van der Waals surface area contributed by atoms with Crippen LogP contribution in [0.15, 0.2) is 29.4 Å². The number of benzene rings is 1. The first-order chi connectivity index (χ1) is 12.7. The van der Waals surface area contributed by atoms with E-state index >= 15 is 0 Å². The minimum atomic E-state index is -3.51. The van der Waals surface area contributed by atoms with Crippen LogP contribution < -0.4 is 9.47 Å². The second-order valence-electron chi connectivity index (χ2n) is 6.35. The molecule has 1 aromatic carbocycles. The molecule has 10 heteroatoms. The van der Waals surface area contributed by atoms with Gasteiger partial charge < -0.3 is 14.7 Å². The highest BCUT2D eigenvalue weighted by molar-refractivity contribution is 7.90. The molecule has 0 unspecified atom stereocenters. The number of hydrogen-bond donors (Lipinski definition) is 1. The van der Waals surface area contributed by atoms with E-state index in [2.05, 4.69) is 9.97 Å². The molecule has 1 aliphatic rings. The molecule has 3 rings (SSSR count). The average molecular weight is 397 g/mol. The Balaban J connectivity index is 1.78. The molecule has 2 heterocycles. The third-order valence-electron chi connectivity index (χ3n) is 4.23. The number of nitrogens with zero attached hydrogens (tertiary/aromatic N) is 3. The van der Waals surface area contributed by atoms with Gasteiger partial charge in [-0.3, -0.25) is 0 Å². The van der Waals surface area contributed by atoms with Crippen LogP contribution in [0.3, 0.4) is 0 Å². The van der Waals surface area contributed by atoms with E-state index in [1.165, 1.54) is 23.5 Å². The van der Waals surface area contributed by atoms with Gasteiger partial charge in [-0.15, -0.1) is 0 Å². The second-order valence-corrected chi connectivity index (χ2v) is 8.36. The molecule has 1 saturated heterocycles. The molecule has 2 aromatic rings. The zero-order valence-electron chi connectivity index (χ0n) is 14.9. The quantitative estimate of drug-likeness (QED) is 0.820. The van der Waals surface area contributed by atoms with E-state index in [4.69, 9.17) is 9.47 Å². The molecule has 1 aromatic heterocycles. The van der Waals surface area contributed by atoms with Gasteiger partial charge in [0.05, 0.1) is 10.5 Å². The SMILES string of the molecule is Cc1c(Oc2ccc(S(C)(=O)=O)cc2F)ncnc1OC1CCN(O)CC1. The Hall–Kier alpha value is -2.30. The third kappa shape index (κ3) is 4.71. The van der Waals surface area contributed by atoms with Crippen LogP contribution in [0.2, 0.25) is 0 Å². The van der Waals surface area contributed by atoms with Gasteiger partial charge in [0.2, 0.25) is 11.8 Å². The molecule has 0 atom stereocenters. The van der Waals surface area contributed by atoms with Crippen molar-refractivity contribution in [1.29, 1.82) is 0 Å². The topological polar surface area (TPSA) is 102 Å². The Bertz CT molecular complexity index is 930. The van der Waals surface area contributed by atoms with Crippen molar-refractivity contribution in [2.45, 2.75) is 30.8 Å². The number of rotatable bonds is 5. The van der Waals surface area contributed by atoms with Crippen molar-refractivity contribution in [3.8, 4) is 17.5 Å². The first kappa shape index (κ1) is 19.5. The number of ether oxygens (including phenoxy) is 2. The minimum absolute atomic E-state index is 0.0966. The number of piperidine rings is 1. The number of sulfone groups is 1. The molecule has 146 valence electrons. The Morgan fingerprint density at radius 2 is 1.89 bits per heavy atom. The molecule has 0 amide bonds. The van der Waals surface area contributed by atoms with Crippen molar-refractivity contribution >= 4 is 9.84 Å². The lowest BCUT2D eigenvalue weighted by atomic mass is 10.1. The maximum atomic E-state index is 14.2. The number of hydrogen-bond acceptors (Lipinski definition) is 8. The summed E-state index contributed by atoms with van der Waals surface area (Å²) in [5.41, 5.74) is 0.496. The minimum Gasteiger partial charge on any atom is -0.474 e. The van der Waals surface area contributed by atoms with Crippen molar-refractivity contribution in [3.63, 3.8) is 0 Å². The zero-order valence-corrected chi connectivity index (χ0v) is 15.7. The fourth-order valence-corrected chi connectivity index (χ4v) is 3.29. The average Bonchev–Trinajstić information content (AvgIpc) is 2.61. The van der Waals surface area contributed by atoms with Crippen molar-refractivity contribution in [1.82, 2.24) is 15.0 Å². The van der Waals surface area contributed by atoms with Gasteiger partial charge >= 0.3 is 0 Å². The van der Waals surface area contributed by atoms with Crippen LogP contribution >= 0.6 is 0 Å². The summed E-state index contributed by atoms with van der Waals surface area (Å²) < 4.78 is 48.6. The predicted octanol–water partition coefficient (Wildman–Crippen LogP) is 2.35. The van der Waals surface area contributed by atoms with Gasteiger partial charge in [-0.25, -0.2) is 22.8 Å². The van der Waals surface area contributed by atoms with Crippen LogP contribution in [0, 0.1) is 12.7 Å². The van der Waals surface area contributed by atoms with Crippen molar-refractivity contribution in [2.75, 3.05) is 19.3 Å². The lowest BCUT2D eigenvalue weighted by molar-refractivity contribution is -0.119. The maximum absolute atomic E-state index is 14.2. The van der Waals surface area contributed by atoms with Crippen LogP contribution in [-0.2, 0) is 9.84 Å². The second kappa shape index (κ2) is 7.75. The number of halogens is 1. The van der Waals surface area contributed by atoms with Crippen LogP contribution in [0.1, 0.15) is 18.4 Å². The van der Waals surface area contributed by atoms with E-state index in [0.717, 1.165) is 12.3 Å². The summed E-state index contributed by atoms with van der Waals surface area (Å²) in [6.45, 7) is 2.71. The maximum Gasteiger partial charge on any atom is 0.229 e. The molecule has 0 spiro atoms. The molecular weight excluding hydrogens is 377 g/mol. The molecule has 1 N–H and O–H groups in total. The van der Waals surface area contributed by atoms with E-state index in [0.29, 0.717) is 37.4 Å². The molecule has 27 heavy (non-hydrogen) atoms. The Morgan fingerprint density at radius 1 is 1.22 bits per heavy atom. The lowest BCUT2D eigenvalue weighted by Crippen LogP contribution is -2.36. The zero-order chi connectivity index (χ0) is 19.6. The summed E-state index contributed by atoms with van der Waals surface area (Å²) >= 11 is 0. The first-order valence-electron chi connectivity index (χ1n) is 8.33. The summed E-state index contributed by atoms with van der Waals surface area (Å²) in [5, 5.41) is 10.7. The third-order valence-corrected chi connectivity index (χ3v) is 5.34. The summed E-state index contributed by atoms with van der Waals surface area (Å²) in [7, 11) is -3.51. The fourth-order valence-electron chi connectivity index (χ4n) is 2.66. The van der Waals surface area contributed by atoms with Crippen molar-refractivity contribution < 1.29 is 27.5 Å². The van der Waals surface area contributed by atoms with Gasteiger partial charge in [-0.2, -0.15) is 5.06 Å². The molecule has 0 bridgehead atoms. The highest BCUT2D eigenvalue weighted by atomic mass is 32.2. The fraction of sp³-hybridized carbons (Fsp3) is 0.412. The Labute approximate surface area is 156 Å². The molecule has 0 saturated carbocycles. The molecule has 1 aliphatic heterocycles. The van der Waals surface area contributed by atoms with E-state index in [1.807, 2.05) is 0 Å². The van der Waals surface area contributed by atoms with E-state index in [9.17, 15) is 18.0 Å². The van der Waals surface area contributed by atoms with Gasteiger partial charge in [0.25, 0.3) is 0 Å². The van der Waals surface area contributed by atoms with Gasteiger partial charge in [0.15, 0.2) is 21.4 Å². The lowest BCUT2D eigenvalue weighted by Gasteiger charge is -2.28. The monoisotopic (exact) mass is 397 g/mol. The van der Waals surface area contributed by atoms with E-state index in [-0.39, 0.29) is 22.6 Å². The van der Waals surface area contributed by atoms with Gasteiger partial charge in [-0.1, -0.05) is 0 Å². The normalized spacial score (nSPS) is 16.3. The van der Waals surface area contributed by atoms with Crippen LogP contribution in [0.5, 0.6) is 17.5 Å². The smallest absolute Gasteiger partial charge is 0.229 e. The number of aromatic nitrogens is 2. The molecule has 0 radical (unpaired) electrons. The first-order valence-corrected chi connectivity index (χ1v) is 10.2. The predicted molar refractivity (Wildman–Crippen MR) is 93.4 cm³/mol. The van der Waals surface area contributed by atoms with E-state index < -0.39 is 15.7 Å².